The van der Waals surface area contributed by atoms with Gasteiger partial charge in [-0.05, 0) is 46.4 Å². The van der Waals surface area contributed by atoms with Gasteiger partial charge in [-0.15, -0.1) is 0 Å². The Balaban J connectivity index is 1.63. The van der Waals surface area contributed by atoms with Crippen molar-refractivity contribution in [2.75, 3.05) is 30.8 Å². The standard InChI is InChI=1S/C19H21ClIN3O4/c20-16-3-1-14(2-4-16)11-24-6-5-15(17(25)18(24)26)12-22-7-9-23(10-8-22)19(27)28-13-21/h1-6,25H,7-13H2. The number of ether oxygens (including phenoxy) is 1. The molecule has 2 aromatic rings. The Morgan fingerprint density at radius 3 is 2.43 bits per heavy atom. The third kappa shape index (κ3) is 5.18. The van der Waals surface area contributed by atoms with Crippen LogP contribution in [0.15, 0.2) is 41.3 Å². The summed E-state index contributed by atoms with van der Waals surface area (Å²) in [6.07, 6.45) is 1.39. The number of aromatic hydroxyl groups is 1. The molecule has 1 saturated heterocycles. The minimum absolute atomic E-state index is 0.233. The summed E-state index contributed by atoms with van der Waals surface area (Å²) in [5.74, 6) is -0.233. The summed E-state index contributed by atoms with van der Waals surface area (Å²) in [5, 5.41) is 11.0. The minimum Gasteiger partial charge on any atom is -0.503 e. The number of alkyl halides is 1. The molecular weight excluding hydrogens is 497 g/mol. The molecule has 3 rings (SSSR count). The number of hydrogen-bond donors (Lipinski definition) is 1. The number of pyridine rings is 1. The van der Waals surface area contributed by atoms with Crippen LogP contribution in [0.2, 0.25) is 5.02 Å². The molecule has 7 nitrogen and oxygen atoms in total. The van der Waals surface area contributed by atoms with Gasteiger partial charge in [0.1, 0.15) is 4.61 Å². The maximum Gasteiger partial charge on any atom is 0.410 e. The van der Waals surface area contributed by atoms with E-state index >= 15 is 0 Å². The monoisotopic (exact) mass is 517 g/mol. The van der Waals surface area contributed by atoms with Crippen LogP contribution in [0.5, 0.6) is 5.75 Å². The van der Waals surface area contributed by atoms with Crippen molar-refractivity contribution in [2.24, 2.45) is 0 Å². The summed E-state index contributed by atoms with van der Waals surface area (Å²) in [5.41, 5.74) is 1.09. The van der Waals surface area contributed by atoms with Crippen LogP contribution >= 0.6 is 34.2 Å². The Morgan fingerprint density at radius 2 is 1.79 bits per heavy atom. The van der Waals surface area contributed by atoms with E-state index in [9.17, 15) is 14.7 Å². The van der Waals surface area contributed by atoms with Gasteiger partial charge in [0, 0.05) is 49.5 Å². The average molecular weight is 518 g/mol. The summed E-state index contributed by atoms with van der Waals surface area (Å²) in [6, 6.07) is 9.01. The van der Waals surface area contributed by atoms with Gasteiger partial charge in [0.25, 0.3) is 5.56 Å². The first-order chi connectivity index (χ1) is 13.5. The highest BCUT2D eigenvalue weighted by Gasteiger charge is 2.23. The van der Waals surface area contributed by atoms with Gasteiger partial charge < -0.3 is 19.3 Å². The Bertz CT molecular complexity index is 880. The van der Waals surface area contributed by atoms with E-state index in [2.05, 4.69) is 4.90 Å². The molecule has 1 aromatic carbocycles. The number of piperazine rings is 1. The average Bonchev–Trinajstić information content (AvgIpc) is 2.70. The van der Waals surface area contributed by atoms with Crippen molar-refractivity contribution in [1.82, 2.24) is 14.4 Å². The number of carbonyl (C=O) groups is 1. The van der Waals surface area contributed by atoms with E-state index < -0.39 is 5.56 Å². The fourth-order valence-electron chi connectivity index (χ4n) is 3.11. The molecule has 1 aromatic heterocycles. The normalized spacial score (nSPS) is 14.9. The number of benzene rings is 1. The maximum atomic E-state index is 12.5. The molecule has 0 spiro atoms. The molecule has 1 fully saturated rings. The van der Waals surface area contributed by atoms with Crippen molar-refractivity contribution in [2.45, 2.75) is 13.1 Å². The van der Waals surface area contributed by atoms with Crippen molar-refractivity contribution >= 4 is 40.3 Å². The van der Waals surface area contributed by atoms with Gasteiger partial charge in [0.05, 0.1) is 6.54 Å². The van der Waals surface area contributed by atoms with Crippen molar-refractivity contribution in [3.8, 4) is 5.75 Å². The van der Waals surface area contributed by atoms with Crippen LogP contribution in [0.1, 0.15) is 11.1 Å². The molecule has 0 aliphatic carbocycles. The first-order valence-corrected chi connectivity index (χ1v) is 10.7. The van der Waals surface area contributed by atoms with Gasteiger partial charge in [0.15, 0.2) is 5.75 Å². The Hall–Kier alpha value is -1.78. The highest BCUT2D eigenvalue weighted by molar-refractivity contribution is 14.1. The van der Waals surface area contributed by atoms with Gasteiger partial charge in [-0.1, -0.05) is 23.7 Å². The molecule has 1 N–H and O–H groups in total. The second-order valence-electron chi connectivity index (χ2n) is 6.53. The van der Waals surface area contributed by atoms with E-state index in [-0.39, 0.29) is 11.8 Å². The van der Waals surface area contributed by atoms with E-state index in [1.165, 1.54) is 4.57 Å². The molecule has 1 aliphatic heterocycles. The SMILES string of the molecule is O=C(OCI)N1CCN(Cc2ccn(Cc3ccc(Cl)cc3)c(=O)c2O)CC1. The lowest BCUT2D eigenvalue weighted by Gasteiger charge is -2.34. The number of carbonyl (C=O) groups excluding carboxylic acids is 1. The van der Waals surface area contributed by atoms with Crippen molar-refractivity contribution in [3.05, 3.63) is 63.0 Å². The van der Waals surface area contributed by atoms with Crippen LogP contribution in [0.3, 0.4) is 0 Å². The highest BCUT2D eigenvalue weighted by Crippen LogP contribution is 2.17. The molecule has 0 unspecified atom stereocenters. The molecule has 0 radical (unpaired) electrons. The molecule has 9 heteroatoms. The van der Waals surface area contributed by atoms with Crippen LogP contribution < -0.4 is 5.56 Å². The topological polar surface area (TPSA) is 75.0 Å². The molecule has 1 amide bonds. The van der Waals surface area contributed by atoms with E-state index in [1.807, 2.05) is 34.7 Å². The zero-order valence-corrected chi connectivity index (χ0v) is 18.1. The summed E-state index contributed by atoms with van der Waals surface area (Å²) in [4.78, 5) is 28.0. The van der Waals surface area contributed by atoms with Gasteiger partial charge in [-0.3, -0.25) is 9.69 Å². The second-order valence-corrected chi connectivity index (χ2v) is 7.59. The molecule has 2 heterocycles. The number of nitrogens with zero attached hydrogens (tertiary/aromatic N) is 3. The third-order valence-corrected chi connectivity index (χ3v) is 5.26. The van der Waals surface area contributed by atoms with Crippen molar-refractivity contribution < 1.29 is 14.6 Å². The van der Waals surface area contributed by atoms with Gasteiger partial charge >= 0.3 is 6.09 Å². The fraction of sp³-hybridized carbons (Fsp3) is 0.368. The van der Waals surface area contributed by atoms with Crippen LogP contribution in [-0.4, -0.2) is 56.4 Å². The number of hydrogen-bond acceptors (Lipinski definition) is 5. The van der Waals surface area contributed by atoms with Crippen molar-refractivity contribution in [1.29, 1.82) is 0 Å². The highest BCUT2D eigenvalue weighted by atomic mass is 127. The van der Waals surface area contributed by atoms with Crippen LogP contribution in [0.4, 0.5) is 4.79 Å². The summed E-state index contributed by atoms with van der Waals surface area (Å²) < 4.78 is 6.80. The molecule has 0 atom stereocenters. The number of aromatic nitrogens is 1. The molecule has 0 bridgehead atoms. The van der Waals surface area contributed by atoms with Crippen LogP contribution in [0, 0.1) is 0 Å². The molecule has 0 saturated carbocycles. The molecular formula is C19H21ClIN3O4. The fourth-order valence-corrected chi connectivity index (χ4v) is 3.50. The molecule has 28 heavy (non-hydrogen) atoms. The zero-order chi connectivity index (χ0) is 20.1. The van der Waals surface area contributed by atoms with E-state index in [4.69, 9.17) is 16.3 Å². The first kappa shape index (κ1) is 20.9. The predicted molar refractivity (Wildman–Crippen MR) is 115 cm³/mol. The lowest BCUT2D eigenvalue weighted by molar-refractivity contribution is 0.0870. The van der Waals surface area contributed by atoms with Gasteiger partial charge in [0.2, 0.25) is 0 Å². The summed E-state index contributed by atoms with van der Waals surface area (Å²) >= 11 is 7.87. The first-order valence-electron chi connectivity index (χ1n) is 8.83. The summed E-state index contributed by atoms with van der Waals surface area (Å²) in [6.45, 7) is 3.25. The van der Waals surface area contributed by atoms with Crippen LogP contribution in [0.25, 0.3) is 0 Å². The quantitative estimate of drug-likeness (QED) is 0.488. The molecule has 1 aliphatic rings. The zero-order valence-electron chi connectivity index (χ0n) is 15.2. The number of halogens is 2. The smallest absolute Gasteiger partial charge is 0.410 e. The summed E-state index contributed by atoms with van der Waals surface area (Å²) in [7, 11) is 0. The number of amides is 1. The van der Waals surface area contributed by atoms with Crippen molar-refractivity contribution in [3.63, 3.8) is 0 Å². The van der Waals surface area contributed by atoms with Gasteiger partial charge in [-0.2, -0.15) is 0 Å². The van der Waals surface area contributed by atoms with Crippen LogP contribution in [-0.2, 0) is 17.8 Å². The van der Waals surface area contributed by atoms with E-state index in [0.717, 1.165) is 5.56 Å². The van der Waals surface area contributed by atoms with E-state index in [1.54, 1.807) is 29.3 Å². The Morgan fingerprint density at radius 1 is 1.11 bits per heavy atom. The number of rotatable bonds is 5. The maximum absolute atomic E-state index is 12.5. The Kier molecular flexibility index (Phi) is 7.19. The molecule has 150 valence electrons. The lowest BCUT2D eigenvalue weighted by Crippen LogP contribution is -2.48. The second kappa shape index (κ2) is 9.62. The van der Waals surface area contributed by atoms with E-state index in [0.29, 0.717) is 54.5 Å². The minimum atomic E-state index is -0.420. The lowest BCUT2D eigenvalue weighted by atomic mass is 10.2. The third-order valence-electron chi connectivity index (χ3n) is 4.69. The predicted octanol–water partition coefficient (Wildman–Crippen LogP) is 2.90. The van der Waals surface area contributed by atoms with Gasteiger partial charge in [-0.25, -0.2) is 4.79 Å². The largest absolute Gasteiger partial charge is 0.503 e. The Labute approximate surface area is 181 Å².